The van der Waals surface area contributed by atoms with Crippen LogP contribution in [0.2, 0.25) is 0 Å². The second-order valence-corrected chi connectivity index (χ2v) is 11.8. The average molecular weight is 623 g/mol. The Morgan fingerprint density at radius 1 is 1.18 bits per heavy atom. The molecule has 0 bridgehead atoms. The zero-order valence-corrected chi connectivity index (χ0v) is 25.9. The maximum Gasteiger partial charge on any atom is 0.272 e. The third-order valence-electron chi connectivity index (χ3n) is 8.09. The molecule has 0 atom stereocenters. The van der Waals surface area contributed by atoms with Crippen molar-refractivity contribution in [3.8, 4) is 16.9 Å². The number of hydrogen-bond acceptors (Lipinski definition) is 7. The molecule has 230 valence electrons. The number of amides is 3. The number of methoxy groups -OCH3 is 1. The van der Waals surface area contributed by atoms with Gasteiger partial charge in [0.05, 0.1) is 12.8 Å². The van der Waals surface area contributed by atoms with Crippen LogP contribution in [0.15, 0.2) is 66.2 Å². The predicted octanol–water partition coefficient (Wildman–Crippen LogP) is 5.44. The molecule has 0 saturated carbocycles. The van der Waals surface area contributed by atoms with Gasteiger partial charge in [0.2, 0.25) is 11.8 Å². The van der Waals surface area contributed by atoms with Crippen molar-refractivity contribution in [3.05, 3.63) is 77.4 Å². The smallest absolute Gasteiger partial charge is 0.272 e. The van der Waals surface area contributed by atoms with E-state index in [4.69, 9.17) is 10.5 Å². The predicted molar refractivity (Wildman–Crippen MR) is 179 cm³/mol. The Labute approximate surface area is 264 Å². The lowest BCUT2D eigenvalue weighted by Gasteiger charge is -2.14. The second-order valence-electron chi connectivity index (χ2n) is 10.9. The van der Waals surface area contributed by atoms with Gasteiger partial charge in [-0.1, -0.05) is 24.3 Å². The number of ether oxygens (including phenoxy) is 1. The molecule has 3 amide bonds. The Bertz CT molecular complexity index is 1960. The van der Waals surface area contributed by atoms with Crippen molar-refractivity contribution >= 4 is 67.6 Å². The number of nitrogens with one attached hydrogen (secondary N) is 2. The van der Waals surface area contributed by atoms with E-state index in [1.165, 1.54) is 17.4 Å². The molecule has 0 spiro atoms. The molecule has 1 saturated heterocycles. The molecule has 0 unspecified atom stereocenters. The Morgan fingerprint density at radius 2 is 2.02 bits per heavy atom. The molecule has 1 aliphatic rings. The van der Waals surface area contributed by atoms with Crippen LogP contribution in [0, 0.1) is 0 Å². The summed E-state index contributed by atoms with van der Waals surface area (Å²) >= 11 is 1.51. The van der Waals surface area contributed by atoms with Crippen LogP contribution in [-0.2, 0) is 16.6 Å². The SMILES string of the molecule is COc1cc(-c2csc3c(/C=C/C(=O)NCCCN4CCCC4=O)cnc(N)c23)ccc1NC(=O)c1cc2ccccc2n1C. The number of nitrogens with zero attached hydrogens (tertiary/aromatic N) is 3. The first-order chi connectivity index (χ1) is 21.8. The van der Waals surface area contributed by atoms with Crippen LogP contribution in [0.25, 0.3) is 38.2 Å². The van der Waals surface area contributed by atoms with E-state index < -0.39 is 0 Å². The number of hydrogen-bond donors (Lipinski definition) is 3. The highest BCUT2D eigenvalue weighted by Gasteiger charge is 2.20. The number of rotatable bonds is 10. The van der Waals surface area contributed by atoms with Crippen LogP contribution in [0.3, 0.4) is 0 Å². The molecule has 3 aromatic heterocycles. The first-order valence-corrected chi connectivity index (χ1v) is 15.7. The van der Waals surface area contributed by atoms with Crippen LogP contribution in [0.4, 0.5) is 11.5 Å². The highest BCUT2D eigenvalue weighted by Crippen LogP contribution is 2.41. The van der Waals surface area contributed by atoms with Crippen molar-refractivity contribution in [1.29, 1.82) is 0 Å². The molecule has 45 heavy (non-hydrogen) atoms. The van der Waals surface area contributed by atoms with Gasteiger partial charge in [0.25, 0.3) is 5.91 Å². The Balaban J connectivity index is 1.17. The van der Waals surface area contributed by atoms with Gasteiger partial charge in [0.1, 0.15) is 17.3 Å². The number of aryl methyl sites for hydroxylation is 1. The minimum atomic E-state index is -0.240. The van der Waals surface area contributed by atoms with Crippen molar-refractivity contribution in [2.75, 3.05) is 37.8 Å². The number of carbonyl (C=O) groups is 3. The maximum absolute atomic E-state index is 13.2. The number of para-hydroxylation sites is 1. The fourth-order valence-electron chi connectivity index (χ4n) is 5.72. The third kappa shape index (κ3) is 6.12. The summed E-state index contributed by atoms with van der Waals surface area (Å²) in [6.45, 7) is 1.95. The molecule has 4 N–H and O–H groups in total. The van der Waals surface area contributed by atoms with Crippen molar-refractivity contribution in [1.82, 2.24) is 19.8 Å². The summed E-state index contributed by atoms with van der Waals surface area (Å²) in [4.78, 5) is 43.7. The highest BCUT2D eigenvalue weighted by atomic mass is 32.1. The zero-order valence-electron chi connectivity index (χ0n) is 25.1. The number of carbonyl (C=O) groups excluding carboxylic acids is 3. The summed E-state index contributed by atoms with van der Waals surface area (Å²) in [7, 11) is 3.43. The number of likely N-dealkylation sites (tertiary alicyclic amines) is 1. The standard InChI is InChI=1S/C34H34N6O4S/c1-39-26-8-4-3-7-22(26)17-27(39)34(43)38-25-12-10-21(18-28(25)44-2)24-20-45-32-23(19-37-33(35)31(24)32)11-13-29(41)36-14-6-16-40-15-5-9-30(40)42/h3-4,7-8,10-13,17-20H,5-6,9,14-16H2,1-2H3,(H2,35,37)(H,36,41)(H,38,43)/b13-11+. The van der Waals surface area contributed by atoms with Crippen molar-refractivity contribution in [3.63, 3.8) is 0 Å². The lowest BCUT2D eigenvalue weighted by Crippen LogP contribution is -2.29. The van der Waals surface area contributed by atoms with Crippen LogP contribution in [0.5, 0.6) is 5.75 Å². The second kappa shape index (κ2) is 12.8. The van der Waals surface area contributed by atoms with Crippen molar-refractivity contribution in [2.24, 2.45) is 7.05 Å². The van der Waals surface area contributed by atoms with Crippen molar-refractivity contribution in [2.45, 2.75) is 19.3 Å². The summed E-state index contributed by atoms with van der Waals surface area (Å²) < 4.78 is 8.45. The van der Waals surface area contributed by atoms with Gasteiger partial charge in [-0.3, -0.25) is 14.4 Å². The molecule has 1 fully saturated rings. The molecule has 1 aliphatic heterocycles. The van der Waals surface area contributed by atoms with Gasteiger partial charge in [-0.2, -0.15) is 0 Å². The van der Waals surface area contributed by atoms with Gasteiger partial charge in [-0.05, 0) is 54.1 Å². The molecule has 11 heteroatoms. The largest absolute Gasteiger partial charge is 0.495 e. The summed E-state index contributed by atoms with van der Waals surface area (Å²) in [5, 5.41) is 9.65. The number of anilines is 2. The average Bonchev–Trinajstić information content (AvgIpc) is 3.77. The first-order valence-electron chi connectivity index (χ1n) is 14.8. The van der Waals surface area contributed by atoms with Gasteiger partial charge >= 0.3 is 0 Å². The number of nitrogen functional groups attached to an aromatic ring is 1. The topological polar surface area (TPSA) is 132 Å². The van der Waals surface area contributed by atoms with E-state index in [-0.39, 0.29) is 17.7 Å². The molecule has 5 aromatic rings. The van der Waals surface area contributed by atoms with Crippen LogP contribution < -0.4 is 21.1 Å². The third-order valence-corrected chi connectivity index (χ3v) is 9.12. The van der Waals surface area contributed by atoms with Crippen molar-refractivity contribution < 1.29 is 19.1 Å². The molecule has 2 aromatic carbocycles. The fraction of sp³-hybridized carbons (Fsp3) is 0.235. The van der Waals surface area contributed by atoms with Crippen LogP contribution in [-0.4, -0.2) is 58.9 Å². The molecule has 6 rings (SSSR count). The molecule has 0 aliphatic carbocycles. The number of benzene rings is 2. The number of thiophene rings is 1. The van der Waals surface area contributed by atoms with E-state index in [0.29, 0.717) is 48.9 Å². The molecule has 4 heterocycles. The van der Waals surface area contributed by atoms with E-state index >= 15 is 0 Å². The van der Waals surface area contributed by atoms with Gasteiger partial charge in [0.15, 0.2) is 0 Å². The lowest BCUT2D eigenvalue weighted by molar-refractivity contribution is -0.127. The van der Waals surface area contributed by atoms with Gasteiger partial charge in [-0.15, -0.1) is 11.3 Å². The maximum atomic E-state index is 13.2. The van der Waals surface area contributed by atoms with Crippen LogP contribution >= 0.6 is 11.3 Å². The number of nitrogens with two attached hydrogens (primary N) is 1. The lowest BCUT2D eigenvalue weighted by atomic mass is 10.0. The van der Waals surface area contributed by atoms with Gasteiger partial charge in [-0.25, -0.2) is 4.98 Å². The highest BCUT2D eigenvalue weighted by molar-refractivity contribution is 7.18. The Kier molecular flexibility index (Phi) is 8.52. The quantitative estimate of drug-likeness (QED) is 0.140. The van der Waals surface area contributed by atoms with E-state index in [9.17, 15) is 14.4 Å². The Hall–Kier alpha value is -5.16. The zero-order chi connectivity index (χ0) is 31.5. The Morgan fingerprint density at radius 3 is 2.80 bits per heavy atom. The van der Waals surface area contributed by atoms with Gasteiger partial charge in [0, 0.05) is 77.5 Å². The fourth-order valence-corrected chi connectivity index (χ4v) is 6.80. The van der Waals surface area contributed by atoms with E-state index in [0.717, 1.165) is 50.6 Å². The summed E-state index contributed by atoms with van der Waals surface area (Å²) in [6, 6.07) is 15.3. The van der Waals surface area contributed by atoms with Gasteiger partial charge < -0.3 is 30.6 Å². The minimum Gasteiger partial charge on any atom is -0.495 e. The summed E-state index contributed by atoms with van der Waals surface area (Å²) in [5.74, 6) is 0.625. The summed E-state index contributed by atoms with van der Waals surface area (Å²) in [6.07, 6.45) is 7.12. The van der Waals surface area contributed by atoms with E-state index in [2.05, 4.69) is 15.6 Å². The number of fused-ring (bicyclic) bond motifs is 2. The molecule has 10 nitrogen and oxygen atoms in total. The normalized spacial score (nSPS) is 13.3. The minimum absolute atomic E-state index is 0.189. The molecular weight excluding hydrogens is 588 g/mol. The summed E-state index contributed by atoms with van der Waals surface area (Å²) in [5.41, 5.74) is 10.9. The number of pyridine rings is 1. The van der Waals surface area contributed by atoms with E-state index in [1.807, 2.05) is 70.4 Å². The number of aromatic nitrogens is 2. The molecule has 0 radical (unpaired) electrons. The van der Waals surface area contributed by atoms with Crippen LogP contribution in [0.1, 0.15) is 35.3 Å². The first kappa shape index (κ1) is 29.9. The molecular formula is C34H34N6O4S. The van der Waals surface area contributed by atoms with E-state index in [1.54, 1.807) is 19.4 Å². The monoisotopic (exact) mass is 622 g/mol.